The van der Waals surface area contributed by atoms with Crippen LogP contribution in [0.25, 0.3) is 0 Å². The zero-order valence-electron chi connectivity index (χ0n) is 12.3. The van der Waals surface area contributed by atoms with E-state index in [0.717, 1.165) is 11.4 Å². The molecule has 0 spiro atoms. The van der Waals surface area contributed by atoms with Crippen LogP contribution in [0.3, 0.4) is 0 Å². The standard InChI is InChI=1S/C16H20N2O2/c1-17(2)13-7-5-9-15(11-13)19-20-16-10-6-8-14(12-16)18(3)4/h5-12H,1-4H3. The summed E-state index contributed by atoms with van der Waals surface area (Å²) in [6, 6.07) is 15.5. The van der Waals surface area contributed by atoms with Crippen LogP contribution in [0.5, 0.6) is 11.5 Å². The molecule has 0 aromatic heterocycles. The molecule has 0 heterocycles. The Hall–Kier alpha value is -2.36. The summed E-state index contributed by atoms with van der Waals surface area (Å²) in [5.41, 5.74) is 2.13. The zero-order valence-corrected chi connectivity index (χ0v) is 12.3. The summed E-state index contributed by atoms with van der Waals surface area (Å²) in [7, 11) is 7.95. The molecular formula is C16H20N2O2. The van der Waals surface area contributed by atoms with E-state index in [4.69, 9.17) is 9.78 Å². The Bertz CT molecular complexity index is 516. The van der Waals surface area contributed by atoms with E-state index < -0.39 is 0 Å². The predicted molar refractivity (Wildman–Crippen MR) is 82.8 cm³/mol. The molecule has 0 unspecified atom stereocenters. The molecule has 4 nitrogen and oxygen atoms in total. The van der Waals surface area contributed by atoms with Crippen molar-refractivity contribution in [3.05, 3.63) is 48.5 Å². The van der Waals surface area contributed by atoms with Crippen LogP contribution < -0.4 is 19.6 Å². The van der Waals surface area contributed by atoms with Crippen molar-refractivity contribution >= 4 is 11.4 Å². The molecule has 0 bridgehead atoms. The molecule has 0 saturated carbocycles. The lowest BCUT2D eigenvalue weighted by Crippen LogP contribution is -2.10. The van der Waals surface area contributed by atoms with E-state index in [1.165, 1.54) is 0 Å². The first-order chi connectivity index (χ1) is 9.56. The monoisotopic (exact) mass is 272 g/mol. The van der Waals surface area contributed by atoms with Crippen molar-refractivity contribution in [3.8, 4) is 11.5 Å². The van der Waals surface area contributed by atoms with Crippen LogP contribution in [-0.2, 0) is 0 Å². The second-order valence-corrected chi connectivity index (χ2v) is 4.95. The Labute approximate surface area is 120 Å². The van der Waals surface area contributed by atoms with Crippen molar-refractivity contribution in [2.75, 3.05) is 38.0 Å². The zero-order chi connectivity index (χ0) is 14.5. The van der Waals surface area contributed by atoms with Crippen LogP contribution in [0, 0.1) is 0 Å². The summed E-state index contributed by atoms with van der Waals surface area (Å²) < 4.78 is 0. The minimum Gasteiger partial charge on any atom is -0.378 e. The summed E-state index contributed by atoms with van der Waals surface area (Å²) in [5.74, 6) is 1.35. The van der Waals surface area contributed by atoms with Gasteiger partial charge >= 0.3 is 0 Å². The van der Waals surface area contributed by atoms with Gasteiger partial charge in [0.2, 0.25) is 0 Å². The average molecular weight is 272 g/mol. The maximum absolute atomic E-state index is 5.37. The van der Waals surface area contributed by atoms with Crippen LogP contribution in [0.15, 0.2) is 48.5 Å². The molecular weight excluding hydrogens is 252 g/mol. The van der Waals surface area contributed by atoms with Crippen molar-refractivity contribution < 1.29 is 9.78 Å². The quantitative estimate of drug-likeness (QED) is 0.616. The summed E-state index contributed by atoms with van der Waals surface area (Å²) in [4.78, 5) is 14.8. The number of hydrogen-bond donors (Lipinski definition) is 0. The van der Waals surface area contributed by atoms with Gasteiger partial charge in [-0.2, -0.15) is 0 Å². The highest BCUT2D eigenvalue weighted by molar-refractivity contribution is 5.50. The second-order valence-electron chi connectivity index (χ2n) is 4.95. The molecule has 2 rings (SSSR count). The Kier molecular flexibility index (Phi) is 4.35. The normalized spacial score (nSPS) is 10.0. The van der Waals surface area contributed by atoms with E-state index in [1.54, 1.807) is 0 Å². The van der Waals surface area contributed by atoms with Gasteiger partial charge < -0.3 is 9.80 Å². The molecule has 0 atom stereocenters. The van der Waals surface area contributed by atoms with Crippen molar-refractivity contribution in [2.45, 2.75) is 0 Å². The highest BCUT2D eigenvalue weighted by Gasteiger charge is 2.02. The predicted octanol–water partition coefficient (Wildman–Crippen LogP) is 3.19. The molecule has 0 aliphatic heterocycles. The minimum atomic E-state index is 0.673. The first kappa shape index (κ1) is 14.1. The van der Waals surface area contributed by atoms with Gasteiger partial charge in [-0.1, -0.05) is 12.1 Å². The molecule has 20 heavy (non-hydrogen) atoms. The van der Waals surface area contributed by atoms with Gasteiger partial charge in [0.05, 0.1) is 0 Å². The lowest BCUT2D eigenvalue weighted by atomic mass is 10.3. The van der Waals surface area contributed by atoms with Gasteiger partial charge in [-0.25, -0.2) is 0 Å². The maximum Gasteiger partial charge on any atom is 0.180 e. The third-order valence-electron chi connectivity index (χ3n) is 2.90. The third-order valence-corrected chi connectivity index (χ3v) is 2.90. The van der Waals surface area contributed by atoms with Gasteiger partial charge in [0.25, 0.3) is 0 Å². The van der Waals surface area contributed by atoms with Crippen LogP contribution in [0.1, 0.15) is 0 Å². The molecule has 0 saturated heterocycles. The molecule has 0 fully saturated rings. The fourth-order valence-corrected chi connectivity index (χ4v) is 1.72. The first-order valence-electron chi connectivity index (χ1n) is 6.45. The fraction of sp³-hybridized carbons (Fsp3) is 0.250. The van der Waals surface area contributed by atoms with Crippen molar-refractivity contribution in [1.29, 1.82) is 0 Å². The van der Waals surface area contributed by atoms with Gasteiger partial charge in [-0.15, -0.1) is 0 Å². The van der Waals surface area contributed by atoms with Crippen LogP contribution >= 0.6 is 0 Å². The topological polar surface area (TPSA) is 24.9 Å². The molecule has 0 N–H and O–H groups in total. The van der Waals surface area contributed by atoms with E-state index in [0.29, 0.717) is 11.5 Å². The van der Waals surface area contributed by atoms with Crippen LogP contribution in [-0.4, -0.2) is 28.2 Å². The lowest BCUT2D eigenvalue weighted by Gasteiger charge is -2.15. The first-order valence-corrected chi connectivity index (χ1v) is 6.45. The van der Waals surface area contributed by atoms with E-state index >= 15 is 0 Å². The highest BCUT2D eigenvalue weighted by atomic mass is 17.2. The van der Waals surface area contributed by atoms with Crippen LogP contribution in [0.2, 0.25) is 0 Å². The number of rotatable bonds is 5. The maximum atomic E-state index is 5.37. The molecule has 4 heteroatoms. The Morgan fingerprint density at radius 2 is 1.05 bits per heavy atom. The fourth-order valence-electron chi connectivity index (χ4n) is 1.72. The molecule has 106 valence electrons. The minimum absolute atomic E-state index is 0.673. The van der Waals surface area contributed by atoms with Gasteiger partial charge in [0.1, 0.15) is 0 Å². The molecule has 0 radical (unpaired) electrons. The summed E-state index contributed by atoms with van der Waals surface area (Å²) >= 11 is 0. The average Bonchev–Trinajstić information content (AvgIpc) is 2.45. The van der Waals surface area contributed by atoms with Gasteiger partial charge in [-0.3, -0.25) is 9.78 Å². The summed E-state index contributed by atoms with van der Waals surface area (Å²) in [6.07, 6.45) is 0. The molecule has 2 aromatic rings. The number of anilines is 2. The SMILES string of the molecule is CN(C)c1cccc(OOc2cccc(N(C)C)c2)c1. The molecule has 0 aliphatic carbocycles. The molecule has 0 aliphatic rings. The lowest BCUT2D eigenvalue weighted by molar-refractivity contribution is -0.0998. The Morgan fingerprint density at radius 1 is 0.650 bits per heavy atom. The van der Waals surface area contributed by atoms with E-state index in [-0.39, 0.29) is 0 Å². The Balaban J connectivity index is 2.05. The summed E-state index contributed by atoms with van der Waals surface area (Å²) in [5, 5.41) is 0. The molecule has 2 aromatic carbocycles. The van der Waals surface area contributed by atoms with Gasteiger partial charge in [-0.05, 0) is 24.3 Å². The smallest absolute Gasteiger partial charge is 0.180 e. The van der Waals surface area contributed by atoms with Crippen molar-refractivity contribution in [1.82, 2.24) is 0 Å². The van der Waals surface area contributed by atoms with Gasteiger partial charge in [0, 0.05) is 51.7 Å². The molecule has 0 amide bonds. The summed E-state index contributed by atoms with van der Waals surface area (Å²) in [6.45, 7) is 0. The van der Waals surface area contributed by atoms with Crippen LogP contribution in [0.4, 0.5) is 11.4 Å². The highest BCUT2D eigenvalue weighted by Crippen LogP contribution is 2.23. The van der Waals surface area contributed by atoms with Crippen molar-refractivity contribution in [2.24, 2.45) is 0 Å². The number of hydrogen-bond acceptors (Lipinski definition) is 4. The second kappa shape index (κ2) is 6.19. The largest absolute Gasteiger partial charge is 0.378 e. The number of nitrogens with zero attached hydrogens (tertiary/aromatic N) is 2. The van der Waals surface area contributed by atoms with E-state index in [2.05, 4.69) is 0 Å². The third kappa shape index (κ3) is 3.57. The Morgan fingerprint density at radius 3 is 1.40 bits per heavy atom. The number of benzene rings is 2. The van der Waals surface area contributed by atoms with E-state index in [1.807, 2.05) is 86.5 Å². The van der Waals surface area contributed by atoms with E-state index in [9.17, 15) is 0 Å². The van der Waals surface area contributed by atoms with Gasteiger partial charge in [0.15, 0.2) is 11.5 Å². The van der Waals surface area contributed by atoms with Crippen molar-refractivity contribution in [3.63, 3.8) is 0 Å².